The number of amides is 1. The largest absolute Gasteiger partial charge is 0.493 e. The highest BCUT2D eigenvalue weighted by atomic mass is 19.4. The van der Waals surface area contributed by atoms with Gasteiger partial charge in [0, 0.05) is 49.9 Å². The summed E-state index contributed by atoms with van der Waals surface area (Å²) in [4.78, 5) is 27.4. The van der Waals surface area contributed by atoms with E-state index in [-0.39, 0.29) is 60.1 Å². The molecular formula is C33H37F3N4O6. The number of halogens is 3. The van der Waals surface area contributed by atoms with Crippen molar-refractivity contribution in [1.29, 1.82) is 5.26 Å². The Balaban J connectivity index is 1.35. The van der Waals surface area contributed by atoms with E-state index in [4.69, 9.17) is 14.6 Å². The summed E-state index contributed by atoms with van der Waals surface area (Å²) in [6, 6.07) is 11.1. The quantitative estimate of drug-likeness (QED) is 0.332. The lowest BCUT2D eigenvalue weighted by atomic mass is 9.90. The number of aromatic nitrogens is 1. The van der Waals surface area contributed by atoms with Gasteiger partial charge in [-0.05, 0) is 61.9 Å². The average Bonchev–Trinajstić information content (AvgIpc) is 3.40. The number of aliphatic carboxylic acids is 1. The zero-order valence-corrected chi connectivity index (χ0v) is 25.6. The Morgan fingerprint density at radius 1 is 1.02 bits per heavy atom. The molecule has 246 valence electrons. The number of nitriles is 1. The summed E-state index contributed by atoms with van der Waals surface area (Å²) in [6.45, 7) is 0.672. The monoisotopic (exact) mass is 642 g/mol. The number of rotatable bonds is 10. The molecule has 1 aromatic heterocycles. The number of piperidine rings is 2. The SMILES string of the molecule is COc1cc(CC(=O)O)ccc1OC1CCN(CC(O)(c2cn(CC(=O)N3CCCCC3)c3cc(C#N)ccc23)C(F)(F)F)CC1. The number of carboxylic acid groups (broad SMARTS) is 1. The molecule has 2 aromatic carbocycles. The van der Waals surface area contributed by atoms with E-state index < -0.39 is 24.3 Å². The molecule has 0 radical (unpaired) electrons. The Hall–Kier alpha value is -4.28. The van der Waals surface area contributed by atoms with Gasteiger partial charge in [0.1, 0.15) is 12.6 Å². The second-order valence-electron chi connectivity index (χ2n) is 12.0. The fourth-order valence-electron chi connectivity index (χ4n) is 6.32. The van der Waals surface area contributed by atoms with Gasteiger partial charge in [-0.3, -0.25) is 14.5 Å². The van der Waals surface area contributed by atoms with Gasteiger partial charge >= 0.3 is 12.1 Å². The van der Waals surface area contributed by atoms with Gasteiger partial charge < -0.3 is 29.2 Å². The lowest BCUT2D eigenvalue weighted by Gasteiger charge is -2.39. The average molecular weight is 643 g/mol. The van der Waals surface area contributed by atoms with E-state index in [2.05, 4.69) is 0 Å². The van der Waals surface area contributed by atoms with Crippen LogP contribution in [0.15, 0.2) is 42.6 Å². The number of hydrogen-bond donors (Lipinski definition) is 2. The molecule has 0 bridgehead atoms. The van der Waals surface area contributed by atoms with Crippen molar-refractivity contribution in [2.24, 2.45) is 0 Å². The molecule has 0 aliphatic carbocycles. The highest BCUT2D eigenvalue weighted by molar-refractivity contribution is 5.88. The number of β-amino-alcohol motifs (C(OH)–C–C–N with tert-alkyl or cyclic N) is 1. The summed E-state index contributed by atoms with van der Waals surface area (Å²) in [5.74, 6) is -0.437. The van der Waals surface area contributed by atoms with Crippen LogP contribution in [0, 0.1) is 11.3 Å². The van der Waals surface area contributed by atoms with Gasteiger partial charge in [-0.2, -0.15) is 18.4 Å². The van der Waals surface area contributed by atoms with Crippen LogP contribution in [0.4, 0.5) is 13.2 Å². The molecule has 46 heavy (non-hydrogen) atoms. The van der Waals surface area contributed by atoms with Crippen LogP contribution < -0.4 is 9.47 Å². The van der Waals surface area contributed by atoms with Gasteiger partial charge in [0.2, 0.25) is 11.5 Å². The predicted octanol–water partition coefficient (Wildman–Crippen LogP) is 4.45. The summed E-state index contributed by atoms with van der Waals surface area (Å²) >= 11 is 0. The first kappa shape index (κ1) is 33.1. The molecule has 10 nitrogen and oxygen atoms in total. The summed E-state index contributed by atoms with van der Waals surface area (Å²) in [5.41, 5.74) is -2.57. The normalized spacial score (nSPS) is 17.8. The molecule has 2 N–H and O–H groups in total. The Bertz CT molecular complexity index is 1620. The van der Waals surface area contributed by atoms with E-state index in [1.807, 2.05) is 6.07 Å². The third kappa shape index (κ3) is 7.08. The molecule has 3 heterocycles. The van der Waals surface area contributed by atoms with Crippen molar-refractivity contribution in [2.75, 3.05) is 39.8 Å². The van der Waals surface area contributed by atoms with Crippen molar-refractivity contribution in [1.82, 2.24) is 14.4 Å². The molecule has 2 fully saturated rings. The first-order valence-electron chi connectivity index (χ1n) is 15.3. The predicted molar refractivity (Wildman–Crippen MR) is 161 cm³/mol. The zero-order chi connectivity index (χ0) is 33.1. The number of alkyl halides is 3. The summed E-state index contributed by atoms with van der Waals surface area (Å²) < 4.78 is 57.4. The Morgan fingerprint density at radius 2 is 1.74 bits per heavy atom. The van der Waals surface area contributed by atoms with Crippen molar-refractivity contribution in [3.63, 3.8) is 0 Å². The van der Waals surface area contributed by atoms with Gasteiger partial charge in [-0.1, -0.05) is 12.1 Å². The van der Waals surface area contributed by atoms with Crippen LogP contribution in [0.3, 0.4) is 0 Å². The van der Waals surface area contributed by atoms with Crippen molar-refractivity contribution < 1.29 is 42.4 Å². The lowest BCUT2D eigenvalue weighted by Crippen LogP contribution is -2.53. The van der Waals surface area contributed by atoms with Crippen LogP contribution >= 0.6 is 0 Å². The van der Waals surface area contributed by atoms with E-state index in [1.54, 1.807) is 28.0 Å². The second-order valence-corrected chi connectivity index (χ2v) is 12.0. The zero-order valence-electron chi connectivity index (χ0n) is 25.6. The van der Waals surface area contributed by atoms with Crippen LogP contribution in [-0.2, 0) is 28.2 Å². The molecule has 2 saturated heterocycles. The van der Waals surface area contributed by atoms with Crippen molar-refractivity contribution >= 4 is 22.8 Å². The second kappa shape index (κ2) is 13.6. The fraction of sp³-hybridized carbons (Fsp3) is 0.485. The van der Waals surface area contributed by atoms with E-state index in [9.17, 15) is 33.1 Å². The van der Waals surface area contributed by atoms with E-state index in [0.29, 0.717) is 43.0 Å². The number of carbonyl (C=O) groups excluding carboxylic acids is 1. The maximum absolute atomic E-state index is 14.9. The molecule has 2 aliphatic heterocycles. The number of carboxylic acids is 1. The third-order valence-corrected chi connectivity index (χ3v) is 8.80. The number of carbonyl (C=O) groups is 2. The number of aliphatic hydroxyl groups is 1. The Labute approximate surface area is 264 Å². The summed E-state index contributed by atoms with van der Waals surface area (Å²) in [7, 11) is 1.44. The molecule has 5 rings (SSSR count). The van der Waals surface area contributed by atoms with Crippen molar-refractivity contribution in [2.45, 2.75) is 63.0 Å². The first-order chi connectivity index (χ1) is 21.9. The van der Waals surface area contributed by atoms with Crippen LogP contribution in [-0.4, -0.2) is 88.6 Å². The van der Waals surface area contributed by atoms with Gasteiger partial charge in [-0.25, -0.2) is 0 Å². The molecule has 13 heteroatoms. The van der Waals surface area contributed by atoms with Gasteiger partial charge in [-0.15, -0.1) is 0 Å². The smallest absolute Gasteiger partial charge is 0.422 e. The molecule has 3 aromatic rings. The standard InChI is InChI=1S/C33H37F3N4O6/c1-45-29-16-22(17-31(42)43)6-8-28(29)46-24-9-13-38(14-10-24)21-32(44,33(34,35)36)26-19-40(20-30(41)39-11-3-2-4-12-39)27-15-23(18-37)5-7-25(26)27/h5-8,15-16,19,24,44H,2-4,9-14,17,20-21H2,1H3,(H,42,43). The minimum atomic E-state index is -5.05. The van der Waals surface area contributed by atoms with Crippen molar-refractivity contribution in [3.8, 4) is 17.6 Å². The molecule has 0 spiro atoms. The molecule has 2 aliphatic rings. The minimum absolute atomic E-state index is 0.127. The third-order valence-electron chi connectivity index (χ3n) is 8.80. The Kier molecular flexibility index (Phi) is 9.79. The van der Waals surface area contributed by atoms with Gasteiger partial charge in [0.25, 0.3) is 0 Å². The molecule has 1 amide bonds. The highest BCUT2D eigenvalue weighted by Crippen LogP contribution is 2.44. The van der Waals surface area contributed by atoms with Crippen LogP contribution in [0.2, 0.25) is 0 Å². The number of fused-ring (bicyclic) bond motifs is 1. The number of nitrogens with zero attached hydrogens (tertiary/aromatic N) is 4. The molecular weight excluding hydrogens is 605 g/mol. The maximum atomic E-state index is 14.9. The van der Waals surface area contributed by atoms with E-state index in [0.717, 1.165) is 19.3 Å². The van der Waals surface area contributed by atoms with Crippen LogP contribution in [0.25, 0.3) is 10.9 Å². The lowest BCUT2D eigenvalue weighted by molar-refractivity contribution is -0.272. The van der Waals surface area contributed by atoms with Crippen molar-refractivity contribution in [3.05, 3.63) is 59.3 Å². The molecule has 0 saturated carbocycles. The summed E-state index contributed by atoms with van der Waals surface area (Å²) in [6.07, 6.45) is -0.840. The number of hydrogen-bond acceptors (Lipinski definition) is 7. The number of likely N-dealkylation sites (tertiary alicyclic amines) is 2. The van der Waals surface area contributed by atoms with Gasteiger partial charge in [0.05, 0.1) is 30.7 Å². The first-order valence-corrected chi connectivity index (χ1v) is 15.3. The topological polar surface area (TPSA) is 128 Å². The molecule has 1 atom stereocenters. The Morgan fingerprint density at radius 3 is 2.37 bits per heavy atom. The van der Waals surface area contributed by atoms with Crippen LogP contribution in [0.1, 0.15) is 48.8 Å². The maximum Gasteiger partial charge on any atom is 0.422 e. The van der Waals surface area contributed by atoms with E-state index in [1.165, 1.54) is 36.1 Å². The number of benzene rings is 2. The minimum Gasteiger partial charge on any atom is -0.493 e. The highest BCUT2D eigenvalue weighted by Gasteiger charge is 2.57. The summed E-state index contributed by atoms with van der Waals surface area (Å²) in [5, 5.41) is 30.2. The number of ether oxygens (including phenoxy) is 2. The van der Waals surface area contributed by atoms with E-state index >= 15 is 0 Å². The van der Waals surface area contributed by atoms with Gasteiger partial charge in [0.15, 0.2) is 11.5 Å². The van der Waals surface area contributed by atoms with Crippen LogP contribution in [0.5, 0.6) is 11.5 Å². The molecule has 1 unspecified atom stereocenters. The fourth-order valence-corrected chi connectivity index (χ4v) is 6.32. The number of methoxy groups -OCH3 is 1.